The second-order valence-corrected chi connectivity index (χ2v) is 9.81. The predicted molar refractivity (Wildman–Crippen MR) is 158 cm³/mol. The van der Waals surface area contributed by atoms with Gasteiger partial charge in [-0.3, -0.25) is 4.90 Å². The molecule has 206 valence electrons. The molecule has 0 N–H and O–H groups in total. The van der Waals surface area contributed by atoms with Gasteiger partial charge in [0.05, 0.1) is 20.3 Å². The summed E-state index contributed by atoms with van der Waals surface area (Å²) >= 11 is 0. The van der Waals surface area contributed by atoms with Gasteiger partial charge in [0.1, 0.15) is 11.5 Å². The number of unbranched alkanes of at least 4 members (excludes halogenated alkanes) is 1. The number of nitrogens with zero attached hydrogens (tertiary/aromatic N) is 3. The Labute approximate surface area is 237 Å². The smallest absolute Gasteiger partial charge is 0.161 e. The zero-order chi connectivity index (χ0) is 26.2. The van der Waals surface area contributed by atoms with Crippen molar-refractivity contribution in [3.63, 3.8) is 0 Å². The molecule has 1 aromatic heterocycles. The summed E-state index contributed by atoms with van der Waals surface area (Å²) in [5.74, 6) is 2.32. The lowest BCUT2D eigenvalue weighted by Crippen LogP contribution is -2.48. The maximum atomic E-state index is 5.62. The Balaban J connectivity index is 0.00000353. The third-order valence-electron chi connectivity index (χ3n) is 7.39. The van der Waals surface area contributed by atoms with E-state index in [1.807, 2.05) is 24.3 Å². The normalized spacial score (nSPS) is 14.2. The molecule has 39 heavy (non-hydrogen) atoms. The first-order valence-electron chi connectivity index (χ1n) is 13.5. The van der Waals surface area contributed by atoms with Gasteiger partial charge in [0.2, 0.25) is 0 Å². The van der Waals surface area contributed by atoms with Gasteiger partial charge in [0, 0.05) is 44.2 Å². The summed E-state index contributed by atoms with van der Waals surface area (Å²) in [6, 6.07) is 29.9. The Morgan fingerprint density at radius 2 is 1.41 bits per heavy atom. The van der Waals surface area contributed by atoms with Gasteiger partial charge < -0.3 is 18.9 Å². The Morgan fingerprint density at radius 3 is 2.03 bits per heavy atom. The summed E-state index contributed by atoms with van der Waals surface area (Å²) in [4.78, 5) is 5.23. The third kappa shape index (κ3) is 7.21. The number of ether oxygens (including phenoxy) is 2. The van der Waals surface area contributed by atoms with Gasteiger partial charge >= 0.3 is 0 Å². The molecule has 0 amide bonds. The molecule has 0 spiro atoms. The summed E-state index contributed by atoms with van der Waals surface area (Å²) in [5, 5.41) is 4.27. The quantitative estimate of drug-likeness (QED) is 0.199. The first-order chi connectivity index (χ1) is 18.7. The fraction of sp³-hybridized carbons (Fsp3) is 0.344. The van der Waals surface area contributed by atoms with Crippen molar-refractivity contribution in [1.29, 1.82) is 0 Å². The van der Waals surface area contributed by atoms with Crippen molar-refractivity contribution >= 4 is 12.4 Å². The molecular weight excluding hydrogens is 510 g/mol. The number of piperazine rings is 1. The maximum Gasteiger partial charge on any atom is 0.161 e. The van der Waals surface area contributed by atoms with E-state index in [1.54, 1.807) is 14.2 Å². The standard InChI is InChI=1S/C32H37N3O3.ClH/c1-36-30-17-16-27(23-31(30)37-2)29-24-28(38-33-29)15-9-10-18-34-19-21-35(22-20-34)32(25-11-5-3-6-12-25)26-13-7-4-8-14-26;/h3-8,11-14,16-17,23-24,32H,9-10,15,18-22H2,1-2H3;1H. The van der Waals surface area contributed by atoms with E-state index in [2.05, 4.69) is 75.6 Å². The minimum atomic E-state index is 0. The van der Waals surface area contributed by atoms with Crippen LogP contribution < -0.4 is 9.47 Å². The summed E-state index contributed by atoms with van der Waals surface area (Å²) in [6.07, 6.45) is 3.12. The van der Waals surface area contributed by atoms with Crippen LogP contribution in [0.2, 0.25) is 0 Å². The third-order valence-corrected chi connectivity index (χ3v) is 7.39. The van der Waals surface area contributed by atoms with Crippen LogP contribution in [0.1, 0.15) is 35.8 Å². The number of halogens is 1. The van der Waals surface area contributed by atoms with E-state index in [0.717, 1.165) is 69.0 Å². The lowest BCUT2D eigenvalue weighted by atomic mass is 9.96. The minimum absolute atomic E-state index is 0. The molecular formula is C32H38ClN3O3. The highest BCUT2D eigenvalue weighted by Gasteiger charge is 2.26. The molecule has 5 rings (SSSR count). The van der Waals surface area contributed by atoms with Crippen LogP contribution in [-0.2, 0) is 6.42 Å². The molecule has 0 radical (unpaired) electrons. The summed E-state index contributed by atoms with van der Waals surface area (Å²) in [5.41, 5.74) is 4.52. The fourth-order valence-electron chi connectivity index (χ4n) is 5.33. The van der Waals surface area contributed by atoms with Crippen molar-refractivity contribution < 1.29 is 14.0 Å². The first-order valence-corrected chi connectivity index (χ1v) is 13.5. The molecule has 6 nitrogen and oxygen atoms in total. The van der Waals surface area contributed by atoms with Crippen LogP contribution in [0.5, 0.6) is 11.5 Å². The van der Waals surface area contributed by atoms with Gasteiger partial charge in [0.25, 0.3) is 0 Å². The van der Waals surface area contributed by atoms with Crippen molar-refractivity contribution in [3.05, 3.63) is 102 Å². The van der Waals surface area contributed by atoms with E-state index in [9.17, 15) is 0 Å². The Morgan fingerprint density at radius 1 is 0.769 bits per heavy atom. The van der Waals surface area contributed by atoms with Crippen LogP contribution in [0.3, 0.4) is 0 Å². The van der Waals surface area contributed by atoms with Crippen LogP contribution >= 0.6 is 12.4 Å². The molecule has 1 fully saturated rings. The molecule has 1 aliphatic rings. The number of methoxy groups -OCH3 is 2. The molecule has 7 heteroatoms. The number of hydrogen-bond acceptors (Lipinski definition) is 6. The number of rotatable bonds is 11. The SMILES string of the molecule is COc1ccc(-c2cc(CCCCN3CCN(C(c4ccccc4)c4ccccc4)CC3)on2)cc1OC.Cl. The highest BCUT2D eigenvalue weighted by Crippen LogP contribution is 2.32. The number of hydrogen-bond donors (Lipinski definition) is 0. The molecule has 3 aromatic carbocycles. The molecule has 2 heterocycles. The van der Waals surface area contributed by atoms with E-state index in [4.69, 9.17) is 14.0 Å². The summed E-state index contributed by atoms with van der Waals surface area (Å²) in [6.45, 7) is 5.46. The van der Waals surface area contributed by atoms with Crippen molar-refractivity contribution in [2.24, 2.45) is 0 Å². The molecule has 0 aliphatic carbocycles. The Hall–Kier alpha value is -3.32. The zero-order valence-electron chi connectivity index (χ0n) is 22.8. The molecule has 1 saturated heterocycles. The molecule has 1 aliphatic heterocycles. The van der Waals surface area contributed by atoms with E-state index in [1.165, 1.54) is 11.1 Å². The van der Waals surface area contributed by atoms with E-state index in [0.29, 0.717) is 17.5 Å². The van der Waals surface area contributed by atoms with Crippen molar-refractivity contribution in [3.8, 4) is 22.8 Å². The molecule has 0 bridgehead atoms. The van der Waals surface area contributed by atoms with Gasteiger partial charge in [-0.2, -0.15) is 0 Å². The first kappa shape index (κ1) is 28.7. The highest BCUT2D eigenvalue weighted by molar-refractivity contribution is 5.85. The van der Waals surface area contributed by atoms with E-state index >= 15 is 0 Å². The van der Waals surface area contributed by atoms with Gasteiger partial charge in [-0.25, -0.2) is 0 Å². The monoisotopic (exact) mass is 547 g/mol. The second kappa shape index (κ2) is 14.2. The van der Waals surface area contributed by atoms with Crippen LogP contribution in [0.4, 0.5) is 0 Å². The van der Waals surface area contributed by atoms with Crippen LogP contribution in [0, 0.1) is 0 Å². The second-order valence-electron chi connectivity index (χ2n) is 9.81. The van der Waals surface area contributed by atoms with Crippen molar-refractivity contribution in [1.82, 2.24) is 15.0 Å². The molecule has 0 atom stereocenters. The Kier molecular flexibility index (Phi) is 10.4. The van der Waals surface area contributed by atoms with Gasteiger partial charge in [-0.1, -0.05) is 65.8 Å². The molecule has 0 unspecified atom stereocenters. The lowest BCUT2D eigenvalue weighted by Gasteiger charge is -2.39. The van der Waals surface area contributed by atoms with E-state index in [-0.39, 0.29) is 12.4 Å². The summed E-state index contributed by atoms with van der Waals surface area (Å²) in [7, 11) is 3.28. The van der Waals surface area contributed by atoms with Gasteiger partial charge in [0.15, 0.2) is 11.5 Å². The maximum absolute atomic E-state index is 5.62. The van der Waals surface area contributed by atoms with Crippen LogP contribution in [0.25, 0.3) is 11.3 Å². The molecule has 4 aromatic rings. The molecule has 0 saturated carbocycles. The van der Waals surface area contributed by atoms with Gasteiger partial charge in [-0.05, 0) is 48.7 Å². The average molecular weight is 548 g/mol. The van der Waals surface area contributed by atoms with Crippen LogP contribution in [-0.4, -0.2) is 61.9 Å². The predicted octanol–water partition coefficient (Wildman–Crippen LogP) is 6.51. The van der Waals surface area contributed by atoms with Gasteiger partial charge in [-0.15, -0.1) is 12.4 Å². The van der Waals surface area contributed by atoms with Crippen molar-refractivity contribution in [2.75, 3.05) is 46.9 Å². The van der Waals surface area contributed by atoms with Crippen molar-refractivity contribution in [2.45, 2.75) is 25.3 Å². The number of benzene rings is 3. The highest BCUT2D eigenvalue weighted by atomic mass is 35.5. The average Bonchev–Trinajstić information content (AvgIpc) is 3.46. The summed E-state index contributed by atoms with van der Waals surface area (Å²) < 4.78 is 16.4. The Bertz CT molecular complexity index is 1230. The lowest BCUT2D eigenvalue weighted by molar-refractivity contribution is 0.108. The topological polar surface area (TPSA) is 51.0 Å². The minimum Gasteiger partial charge on any atom is -0.493 e. The van der Waals surface area contributed by atoms with Crippen LogP contribution in [0.15, 0.2) is 89.5 Å². The fourth-order valence-corrected chi connectivity index (χ4v) is 5.33. The number of aryl methyl sites for hydroxylation is 1. The number of aromatic nitrogens is 1. The zero-order valence-corrected chi connectivity index (χ0v) is 23.6. The van der Waals surface area contributed by atoms with E-state index < -0.39 is 0 Å². The largest absolute Gasteiger partial charge is 0.493 e.